The quantitative estimate of drug-likeness (QED) is 0.567. The first-order chi connectivity index (χ1) is 13.1. The van der Waals surface area contributed by atoms with Crippen LogP contribution in [0.25, 0.3) is 21.9 Å². The van der Waals surface area contributed by atoms with E-state index >= 15 is 0 Å². The van der Waals surface area contributed by atoms with Gasteiger partial charge in [0.15, 0.2) is 0 Å². The maximum atomic E-state index is 12.8. The van der Waals surface area contributed by atoms with Crippen molar-refractivity contribution in [2.24, 2.45) is 5.10 Å². The Kier molecular flexibility index (Phi) is 4.12. The number of ether oxygens (including phenoxy) is 1. The van der Waals surface area contributed by atoms with Crippen molar-refractivity contribution >= 4 is 33.8 Å². The van der Waals surface area contributed by atoms with Gasteiger partial charge in [-0.3, -0.25) is 4.79 Å². The molecule has 0 unspecified atom stereocenters. The lowest BCUT2D eigenvalue weighted by atomic mass is 10.2. The molecule has 136 valence electrons. The summed E-state index contributed by atoms with van der Waals surface area (Å²) < 4.78 is 6.48. The maximum Gasteiger partial charge on any atom is 0.298 e. The molecule has 0 saturated heterocycles. The van der Waals surface area contributed by atoms with E-state index in [9.17, 15) is 4.79 Å². The lowest BCUT2D eigenvalue weighted by molar-refractivity contribution is 0.415. The van der Waals surface area contributed by atoms with Crippen LogP contribution in [0.15, 0.2) is 58.7 Å². The highest BCUT2D eigenvalue weighted by Crippen LogP contribution is 2.25. The fraction of sp³-hybridized carbons (Fsp3) is 0.150. The van der Waals surface area contributed by atoms with Crippen molar-refractivity contribution < 1.29 is 4.74 Å². The van der Waals surface area contributed by atoms with Crippen molar-refractivity contribution in [2.45, 2.75) is 0 Å². The predicted octanol–water partition coefficient (Wildman–Crippen LogP) is 2.83. The third kappa shape index (κ3) is 3.03. The molecule has 0 bridgehead atoms. The molecule has 4 aromatic rings. The van der Waals surface area contributed by atoms with Crippen molar-refractivity contribution in [1.29, 1.82) is 0 Å². The standard InChI is InChI=1S/C20H19N5O2/c1-24(2)14-6-4-13(5-7-14)11-22-25-12-21-18-16-10-15(27-3)8-9-17(16)23-19(18)20(25)26/h4-12,23H,1-3H3/b22-11+. The minimum Gasteiger partial charge on any atom is -0.497 e. The Balaban J connectivity index is 1.73. The fourth-order valence-electron chi connectivity index (χ4n) is 2.92. The summed E-state index contributed by atoms with van der Waals surface area (Å²) in [6, 6.07) is 13.5. The van der Waals surface area contributed by atoms with Crippen LogP contribution in [-0.4, -0.2) is 42.1 Å². The number of H-pyrrole nitrogens is 1. The lowest BCUT2D eigenvalue weighted by Crippen LogP contribution is -2.17. The predicted molar refractivity (Wildman–Crippen MR) is 108 cm³/mol. The number of hydrogen-bond acceptors (Lipinski definition) is 5. The second-order valence-electron chi connectivity index (χ2n) is 6.38. The van der Waals surface area contributed by atoms with E-state index in [1.807, 2.05) is 61.5 Å². The number of anilines is 1. The van der Waals surface area contributed by atoms with E-state index in [0.717, 1.165) is 22.2 Å². The molecule has 0 aliphatic heterocycles. The van der Waals surface area contributed by atoms with Crippen LogP contribution in [0.2, 0.25) is 0 Å². The molecule has 0 atom stereocenters. The Morgan fingerprint density at radius 2 is 1.96 bits per heavy atom. The zero-order valence-electron chi connectivity index (χ0n) is 15.3. The number of methoxy groups -OCH3 is 1. The molecule has 0 spiro atoms. The molecule has 1 N–H and O–H groups in total. The molecule has 2 aromatic heterocycles. The van der Waals surface area contributed by atoms with Crippen molar-refractivity contribution in [3.05, 3.63) is 64.7 Å². The molecule has 2 aromatic carbocycles. The fourth-order valence-corrected chi connectivity index (χ4v) is 2.92. The van der Waals surface area contributed by atoms with Gasteiger partial charge in [-0.15, -0.1) is 0 Å². The summed E-state index contributed by atoms with van der Waals surface area (Å²) in [5, 5.41) is 5.11. The second-order valence-corrected chi connectivity index (χ2v) is 6.38. The van der Waals surface area contributed by atoms with Gasteiger partial charge in [0.05, 0.1) is 13.3 Å². The average Bonchev–Trinajstić information content (AvgIpc) is 3.06. The third-order valence-corrected chi connectivity index (χ3v) is 4.44. The first kappa shape index (κ1) is 16.8. The summed E-state index contributed by atoms with van der Waals surface area (Å²) in [5.41, 5.74) is 3.60. The Bertz CT molecular complexity index is 1200. The van der Waals surface area contributed by atoms with Gasteiger partial charge in [0.2, 0.25) is 0 Å². The number of aromatic nitrogens is 3. The molecule has 0 saturated carbocycles. The maximum absolute atomic E-state index is 12.8. The molecule has 7 nitrogen and oxygen atoms in total. The molecule has 27 heavy (non-hydrogen) atoms. The first-order valence-corrected chi connectivity index (χ1v) is 8.45. The zero-order valence-corrected chi connectivity index (χ0v) is 15.3. The normalized spacial score (nSPS) is 11.5. The van der Waals surface area contributed by atoms with E-state index < -0.39 is 0 Å². The first-order valence-electron chi connectivity index (χ1n) is 8.45. The van der Waals surface area contributed by atoms with E-state index in [0.29, 0.717) is 16.8 Å². The van der Waals surface area contributed by atoms with E-state index in [4.69, 9.17) is 4.74 Å². The highest BCUT2D eigenvalue weighted by atomic mass is 16.5. The number of benzene rings is 2. The summed E-state index contributed by atoms with van der Waals surface area (Å²) in [7, 11) is 5.58. The van der Waals surface area contributed by atoms with E-state index in [2.05, 4.69) is 15.1 Å². The van der Waals surface area contributed by atoms with E-state index in [1.54, 1.807) is 13.3 Å². The van der Waals surface area contributed by atoms with Crippen LogP contribution in [-0.2, 0) is 0 Å². The largest absolute Gasteiger partial charge is 0.497 e. The van der Waals surface area contributed by atoms with Gasteiger partial charge in [0, 0.05) is 30.7 Å². The topological polar surface area (TPSA) is 75.5 Å². The summed E-state index contributed by atoms with van der Waals surface area (Å²) in [6.07, 6.45) is 3.07. The van der Waals surface area contributed by atoms with Crippen LogP contribution in [0.3, 0.4) is 0 Å². The molecule has 7 heteroatoms. The van der Waals surface area contributed by atoms with Crippen molar-refractivity contribution in [3.8, 4) is 5.75 Å². The van der Waals surface area contributed by atoms with Crippen molar-refractivity contribution in [2.75, 3.05) is 26.1 Å². The molecular weight excluding hydrogens is 342 g/mol. The molecule has 0 aliphatic carbocycles. The van der Waals surface area contributed by atoms with Crippen LogP contribution < -0.4 is 15.2 Å². The van der Waals surface area contributed by atoms with Crippen molar-refractivity contribution in [1.82, 2.24) is 14.6 Å². The monoisotopic (exact) mass is 361 g/mol. The van der Waals surface area contributed by atoms with E-state index in [1.165, 1.54) is 11.0 Å². The molecule has 4 rings (SSSR count). The molecule has 0 fully saturated rings. The van der Waals surface area contributed by atoms with Gasteiger partial charge in [-0.2, -0.15) is 9.78 Å². The van der Waals surface area contributed by atoms with Gasteiger partial charge in [0.1, 0.15) is 23.1 Å². The van der Waals surface area contributed by atoms with Crippen LogP contribution in [0, 0.1) is 0 Å². The molecule has 2 heterocycles. The number of fused-ring (bicyclic) bond motifs is 3. The van der Waals surface area contributed by atoms with Gasteiger partial charge in [-0.05, 0) is 35.9 Å². The molecule has 0 amide bonds. The van der Waals surface area contributed by atoms with Crippen LogP contribution in [0.1, 0.15) is 5.56 Å². The summed E-state index contributed by atoms with van der Waals surface area (Å²) >= 11 is 0. The van der Waals surface area contributed by atoms with Gasteiger partial charge < -0.3 is 14.6 Å². The van der Waals surface area contributed by atoms with E-state index in [-0.39, 0.29) is 5.56 Å². The zero-order chi connectivity index (χ0) is 19.0. The van der Waals surface area contributed by atoms with Crippen LogP contribution in [0.5, 0.6) is 5.75 Å². The Hall–Kier alpha value is -3.61. The number of nitrogens with one attached hydrogen (secondary N) is 1. The smallest absolute Gasteiger partial charge is 0.298 e. The minimum atomic E-state index is -0.253. The summed E-state index contributed by atoms with van der Waals surface area (Å²) in [5.74, 6) is 0.716. The van der Waals surface area contributed by atoms with Gasteiger partial charge in [-0.25, -0.2) is 4.98 Å². The highest BCUT2D eigenvalue weighted by molar-refractivity contribution is 6.04. The van der Waals surface area contributed by atoms with Crippen molar-refractivity contribution in [3.63, 3.8) is 0 Å². The Labute approximate surface area is 155 Å². The Morgan fingerprint density at radius 3 is 2.67 bits per heavy atom. The number of nitrogens with zero attached hydrogens (tertiary/aromatic N) is 4. The van der Waals surface area contributed by atoms with Crippen LogP contribution in [0.4, 0.5) is 5.69 Å². The summed E-state index contributed by atoms with van der Waals surface area (Å²) in [6.45, 7) is 0. The SMILES string of the molecule is COc1ccc2[nH]c3c(=O)n(/N=C/c4ccc(N(C)C)cc4)cnc3c2c1. The van der Waals surface area contributed by atoms with Gasteiger partial charge in [0.25, 0.3) is 5.56 Å². The second kappa shape index (κ2) is 6.60. The number of hydrogen-bond donors (Lipinski definition) is 1. The minimum absolute atomic E-state index is 0.253. The van der Waals surface area contributed by atoms with Gasteiger partial charge in [-0.1, -0.05) is 12.1 Å². The molecular formula is C20H19N5O2. The number of aromatic amines is 1. The highest BCUT2D eigenvalue weighted by Gasteiger charge is 2.11. The van der Waals surface area contributed by atoms with Crippen LogP contribution >= 0.6 is 0 Å². The Morgan fingerprint density at radius 1 is 1.19 bits per heavy atom. The third-order valence-electron chi connectivity index (χ3n) is 4.44. The molecule has 0 radical (unpaired) electrons. The average molecular weight is 361 g/mol. The van der Waals surface area contributed by atoms with Gasteiger partial charge >= 0.3 is 0 Å². The number of rotatable bonds is 4. The molecule has 0 aliphatic rings. The lowest BCUT2D eigenvalue weighted by Gasteiger charge is -2.11. The summed E-state index contributed by atoms with van der Waals surface area (Å²) in [4.78, 5) is 22.3.